The summed E-state index contributed by atoms with van der Waals surface area (Å²) in [6, 6.07) is 12.5. The van der Waals surface area contributed by atoms with Gasteiger partial charge in [-0.15, -0.1) is 0 Å². The maximum Gasteiger partial charge on any atom is 0.262 e. The number of fused-ring (bicyclic) bond motifs is 1. The Morgan fingerprint density at radius 2 is 1.54 bits per heavy atom. The summed E-state index contributed by atoms with van der Waals surface area (Å²) in [4.78, 5) is 37.2. The van der Waals surface area contributed by atoms with Crippen LogP contribution in [0.3, 0.4) is 0 Å². The van der Waals surface area contributed by atoms with E-state index < -0.39 is 17.7 Å². The molecule has 0 saturated heterocycles. The fourth-order valence-corrected chi connectivity index (χ4v) is 2.58. The number of benzene rings is 2. The highest BCUT2D eigenvalue weighted by Gasteiger charge is 2.36. The van der Waals surface area contributed by atoms with E-state index in [1.54, 1.807) is 36.4 Å². The lowest BCUT2D eigenvalue weighted by molar-refractivity contribution is -0.121. The zero-order valence-corrected chi connectivity index (χ0v) is 12.8. The standard InChI is InChI=1S/C18H15FN2O3/c19-13-7-5-12(6-8-13)9-10-20-16(22)11-21-17(23)14-3-1-2-4-15(14)18(21)24/h1-8H,9-11H2,(H,20,22). The summed E-state index contributed by atoms with van der Waals surface area (Å²) in [6.45, 7) is 0.0312. The molecule has 1 heterocycles. The van der Waals surface area contributed by atoms with E-state index in [-0.39, 0.29) is 12.4 Å². The maximum absolute atomic E-state index is 12.8. The molecule has 2 aromatic carbocycles. The molecule has 3 amide bonds. The van der Waals surface area contributed by atoms with Crippen molar-refractivity contribution in [3.05, 3.63) is 71.0 Å². The second-order valence-electron chi connectivity index (χ2n) is 5.47. The van der Waals surface area contributed by atoms with Gasteiger partial charge in [0.25, 0.3) is 11.8 Å². The number of nitrogens with zero attached hydrogens (tertiary/aromatic N) is 1. The average Bonchev–Trinajstić information content (AvgIpc) is 2.82. The van der Waals surface area contributed by atoms with Crippen molar-refractivity contribution in [2.24, 2.45) is 0 Å². The largest absolute Gasteiger partial charge is 0.354 e. The third kappa shape index (κ3) is 3.17. The minimum absolute atomic E-state index is 0.310. The summed E-state index contributed by atoms with van der Waals surface area (Å²) in [5.41, 5.74) is 1.53. The van der Waals surface area contributed by atoms with E-state index in [1.807, 2.05) is 0 Å². The van der Waals surface area contributed by atoms with Crippen molar-refractivity contribution in [1.29, 1.82) is 0 Å². The van der Waals surface area contributed by atoms with E-state index >= 15 is 0 Å². The summed E-state index contributed by atoms with van der Waals surface area (Å²) in [5.74, 6) is -1.63. The van der Waals surface area contributed by atoms with Gasteiger partial charge < -0.3 is 5.32 Å². The number of carbonyl (C=O) groups is 3. The average molecular weight is 326 g/mol. The van der Waals surface area contributed by atoms with Crippen LogP contribution in [0, 0.1) is 5.82 Å². The van der Waals surface area contributed by atoms with E-state index in [0.29, 0.717) is 24.1 Å². The molecule has 0 aliphatic carbocycles. The van der Waals surface area contributed by atoms with Crippen molar-refractivity contribution in [2.45, 2.75) is 6.42 Å². The first-order valence-electron chi connectivity index (χ1n) is 7.52. The van der Waals surface area contributed by atoms with Crippen LogP contribution in [0.1, 0.15) is 26.3 Å². The molecule has 0 fully saturated rings. The Balaban J connectivity index is 1.53. The van der Waals surface area contributed by atoms with Crippen molar-refractivity contribution >= 4 is 17.7 Å². The van der Waals surface area contributed by atoms with Gasteiger partial charge in [0.15, 0.2) is 0 Å². The van der Waals surface area contributed by atoms with Gasteiger partial charge in [-0.05, 0) is 36.2 Å². The highest BCUT2D eigenvalue weighted by atomic mass is 19.1. The number of amides is 3. The molecule has 1 aliphatic rings. The molecule has 0 bridgehead atoms. The Labute approximate surface area is 138 Å². The maximum atomic E-state index is 12.8. The summed E-state index contributed by atoms with van der Waals surface area (Å²) in [7, 11) is 0. The molecular weight excluding hydrogens is 311 g/mol. The number of hydrogen-bond acceptors (Lipinski definition) is 3. The molecule has 3 rings (SSSR count). The second kappa shape index (κ2) is 6.62. The SMILES string of the molecule is O=C(CN1C(=O)c2ccccc2C1=O)NCCc1ccc(F)cc1. The molecule has 2 aromatic rings. The molecule has 122 valence electrons. The van der Waals surface area contributed by atoms with Gasteiger partial charge in [0.2, 0.25) is 5.91 Å². The van der Waals surface area contributed by atoms with Gasteiger partial charge >= 0.3 is 0 Å². The molecule has 0 radical (unpaired) electrons. The Kier molecular flexibility index (Phi) is 4.37. The molecule has 1 N–H and O–H groups in total. The normalized spacial score (nSPS) is 13.1. The van der Waals surface area contributed by atoms with Gasteiger partial charge in [-0.3, -0.25) is 19.3 Å². The van der Waals surface area contributed by atoms with Crippen LogP contribution in [0.25, 0.3) is 0 Å². The van der Waals surface area contributed by atoms with Crippen molar-refractivity contribution in [1.82, 2.24) is 10.2 Å². The van der Waals surface area contributed by atoms with Crippen molar-refractivity contribution in [3.8, 4) is 0 Å². The quantitative estimate of drug-likeness (QED) is 0.852. The van der Waals surface area contributed by atoms with Crippen LogP contribution in [0.5, 0.6) is 0 Å². The van der Waals surface area contributed by atoms with E-state index in [9.17, 15) is 18.8 Å². The molecule has 24 heavy (non-hydrogen) atoms. The number of carbonyl (C=O) groups excluding carboxylic acids is 3. The fraction of sp³-hybridized carbons (Fsp3) is 0.167. The van der Waals surface area contributed by atoms with E-state index in [0.717, 1.165) is 10.5 Å². The molecule has 0 aromatic heterocycles. The predicted octanol–water partition coefficient (Wildman–Crippen LogP) is 1.78. The van der Waals surface area contributed by atoms with Gasteiger partial charge in [-0.1, -0.05) is 24.3 Å². The Morgan fingerprint density at radius 3 is 2.12 bits per heavy atom. The summed E-state index contributed by atoms with van der Waals surface area (Å²) in [6.07, 6.45) is 0.536. The van der Waals surface area contributed by atoms with Crippen LogP contribution in [-0.2, 0) is 11.2 Å². The van der Waals surface area contributed by atoms with Gasteiger partial charge in [-0.2, -0.15) is 0 Å². The van der Waals surface area contributed by atoms with Crippen LogP contribution in [0.15, 0.2) is 48.5 Å². The lowest BCUT2D eigenvalue weighted by Crippen LogP contribution is -2.40. The van der Waals surface area contributed by atoms with Crippen molar-refractivity contribution in [2.75, 3.05) is 13.1 Å². The first-order chi connectivity index (χ1) is 11.6. The van der Waals surface area contributed by atoms with Crippen LogP contribution < -0.4 is 5.32 Å². The predicted molar refractivity (Wildman–Crippen MR) is 84.9 cm³/mol. The number of hydrogen-bond donors (Lipinski definition) is 1. The summed E-state index contributed by atoms with van der Waals surface area (Å²) in [5, 5.41) is 2.66. The number of imide groups is 1. The van der Waals surface area contributed by atoms with Crippen LogP contribution in [0.4, 0.5) is 4.39 Å². The first-order valence-corrected chi connectivity index (χ1v) is 7.52. The number of halogens is 1. The van der Waals surface area contributed by atoms with Crippen LogP contribution >= 0.6 is 0 Å². The zero-order chi connectivity index (χ0) is 17.1. The van der Waals surface area contributed by atoms with Gasteiger partial charge in [0.05, 0.1) is 11.1 Å². The number of rotatable bonds is 5. The first kappa shape index (κ1) is 15.9. The summed E-state index contributed by atoms with van der Waals surface area (Å²) >= 11 is 0. The van der Waals surface area contributed by atoms with Crippen molar-refractivity contribution in [3.63, 3.8) is 0 Å². The lowest BCUT2D eigenvalue weighted by atomic mass is 10.1. The molecule has 0 unspecified atom stereocenters. The minimum Gasteiger partial charge on any atom is -0.354 e. The smallest absolute Gasteiger partial charge is 0.262 e. The topological polar surface area (TPSA) is 66.5 Å². The molecule has 0 spiro atoms. The molecular formula is C18H15FN2O3. The Hall–Kier alpha value is -3.02. The van der Waals surface area contributed by atoms with Gasteiger partial charge in [-0.25, -0.2) is 4.39 Å². The molecule has 5 nitrogen and oxygen atoms in total. The Morgan fingerprint density at radius 1 is 0.958 bits per heavy atom. The van der Waals surface area contributed by atoms with E-state index in [2.05, 4.69) is 5.32 Å². The molecule has 6 heteroatoms. The van der Waals surface area contributed by atoms with Crippen molar-refractivity contribution < 1.29 is 18.8 Å². The van der Waals surface area contributed by atoms with E-state index in [4.69, 9.17) is 0 Å². The Bertz CT molecular complexity index is 767. The van der Waals surface area contributed by atoms with Gasteiger partial charge in [0, 0.05) is 6.54 Å². The van der Waals surface area contributed by atoms with Crippen LogP contribution in [0.2, 0.25) is 0 Å². The highest BCUT2D eigenvalue weighted by Crippen LogP contribution is 2.21. The molecule has 1 aliphatic heterocycles. The number of nitrogens with one attached hydrogen (secondary N) is 1. The third-order valence-electron chi connectivity index (χ3n) is 3.83. The van der Waals surface area contributed by atoms with E-state index in [1.165, 1.54) is 12.1 Å². The van der Waals surface area contributed by atoms with Crippen LogP contribution in [-0.4, -0.2) is 35.7 Å². The van der Waals surface area contributed by atoms with Gasteiger partial charge in [0.1, 0.15) is 12.4 Å². The molecule has 0 atom stereocenters. The second-order valence-corrected chi connectivity index (χ2v) is 5.47. The summed E-state index contributed by atoms with van der Waals surface area (Å²) < 4.78 is 12.8. The minimum atomic E-state index is -0.454. The fourth-order valence-electron chi connectivity index (χ4n) is 2.58. The lowest BCUT2D eigenvalue weighted by Gasteiger charge is -2.13. The monoisotopic (exact) mass is 326 g/mol. The zero-order valence-electron chi connectivity index (χ0n) is 12.8. The third-order valence-corrected chi connectivity index (χ3v) is 3.83. The molecule has 0 saturated carbocycles. The highest BCUT2D eigenvalue weighted by molar-refractivity contribution is 6.22.